The Morgan fingerprint density at radius 2 is 1.43 bits per heavy atom. The minimum atomic E-state index is -4.88. The minimum absolute atomic E-state index is 0.424. The number of hydrogen-bond donors (Lipinski definition) is 2. The number of halogens is 1. The Kier molecular flexibility index (Phi) is 6.12. The third-order valence-corrected chi connectivity index (χ3v) is 2.51. The third-order valence-electron chi connectivity index (χ3n) is 1.63. The van der Waals surface area contributed by atoms with Gasteiger partial charge in [0.15, 0.2) is 4.90 Å². The maximum Gasteiger partial charge on any atom is 0.353 e. The van der Waals surface area contributed by atoms with Crippen molar-refractivity contribution in [2.45, 2.75) is 4.90 Å². The lowest BCUT2D eigenvalue weighted by Gasteiger charge is -1.98. The lowest BCUT2D eigenvalue weighted by Crippen LogP contribution is -2.04. The number of hydrogen-bond acceptors (Lipinski definition) is 8. The van der Waals surface area contributed by atoms with Gasteiger partial charge in [-0.15, -0.1) is 0 Å². The van der Waals surface area contributed by atoms with Gasteiger partial charge >= 0.3 is 19.4 Å². The summed E-state index contributed by atoms with van der Waals surface area (Å²) in [4.78, 5) is 17.6. The number of nitro groups is 2. The SMILES string of the molecule is O=S(=O)(O)Cl.O=[N+]([O-])c1ccc([N+](=O)[O-])c(S(=O)(=O)O)c1. The first-order valence-corrected chi connectivity index (χ1v) is 8.01. The zero-order valence-electron chi connectivity index (χ0n) is 9.48. The van der Waals surface area contributed by atoms with Crippen LogP contribution in [0.25, 0.3) is 0 Å². The van der Waals surface area contributed by atoms with Crippen molar-refractivity contribution in [3.05, 3.63) is 38.4 Å². The Hall–Kier alpha value is -1.87. The quantitative estimate of drug-likeness (QED) is 0.334. The molecular weight excluding hydrogens is 360 g/mol. The molecule has 0 saturated carbocycles. The van der Waals surface area contributed by atoms with E-state index in [1.54, 1.807) is 0 Å². The molecule has 1 aromatic carbocycles. The zero-order valence-corrected chi connectivity index (χ0v) is 11.9. The molecule has 0 fully saturated rings. The van der Waals surface area contributed by atoms with Gasteiger partial charge in [0.25, 0.3) is 11.4 Å². The lowest BCUT2D eigenvalue weighted by molar-refractivity contribution is -0.391. The first-order chi connectivity index (χ1) is 9.23. The second-order valence-electron chi connectivity index (χ2n) is 3.05. The van der Waals surface area contributed by atoms with E-state index in [0.29, 0.717) is 12.1 Å². The van der Waals surface area contributed by atoms with E-state index in [2.05, 4.69) is 10.7 Å². The molecule has 0 aliphatic carbocycles. The van der Waals surface area contributed by atoms with Gasteiger partial charge in [0.2, 0.25) is 0 Å². The van der Waals surface area contributed by atoms with Crippen molar-refractivity contribution < 1.29 is 35.8 Å². The van der Waals surface area contributed by atoms with Gasteiger partial charge < -0.3 is 0 Å². The number of nitro benzene ring substituents is 2. The molecule has 0 amide bonds. The first kappa shape index (κ1) is 19.1. The van der Waals surface area contributed by atoms with Crippen molar-refractivity contribution in [2.75, 3.05) is 0 Å². The van der Waals surface area contributed by atoms with E-state index in [9.17, 15) is 28.6 Å². The molecule has 2 N–H and O–H groups in total. The predicted octanol–water partition coefficient (Wildman–Crippen LogP) is 0.778. The topological polar surface area (TPSA) is 195 Å². The lowest BCUT2D eigenvalue weighted by atomic mass is 10.3. The molecule has 15 heteroatoms. The van der Waals surface area contributed by atoms with Crippen LogP contribution in [-0.2, 0) is 19.4 Å². The maximum absolute atomic E-state index is 10.8. The molecule has 0 aromatic heterocycles. The molecule has 0 unspecified atom stereocenters. The van der Waals surface area contributed by atoms with Crippen LogP contribution in [0.1, 0.15) is 0 Å². The average Bonchev–Trinajstić information content (AvgIpc) is 2.24. The van der Waals surface area contributed by atoms with Gasteiger partial charge in [0.05, 0.1) is 9.85 Å². The van der Waals surface area contributed by atoms with E-state index >= 15 is 0 Å². The minimum Gasteiger partial charge on any atom is -0.282 e. The highest BCUT2D eigenvalue weighted by atomic mass is 35.7. The predicted molar refractivity (Wildman–Crippen MR) is 67.0 cm³/mol. The van der Waals surface area contributed by atoms with Crippen molar-refractivity contribution in [1.82, 2.24) is 0 Å². The Labute approximate surface area is 121 Å². The number of nitrogens with zero attached hydrogens (tertiary/aromatic N) is 2. The van der Waals surface area contributed by atoms with Crippen molar-refractivity contribution in [1.29, 1.82) is 0 Å². The fourth-order valence-corrected chi connectivity index (χ4v) is 1.65. The molecule has 0 atom stereocenters. The Balaban J connectivity index is 0.000000690. The molecule has 0 bridgehead atoms. The second kappa shape index (κ2) is 6.72. The van der Waals surface area contributed by atoms with Gasteiger partial charge in [0.1, 0.15) is 0 Å². The summed E-state index contributed by atoms with van der Waals surface area (Å²) in [6, 6.07) is 1.83. The number of benzene rings is 1. The first-order valence-electron chi connectivity index (χ1n) is 4.31. The monoisotopic (exact) mass is 364 g/mol. The Morgan fingerprint density at radius 3 is 1.71 bits per heavy atom. The largest absolute Gasteiger partial charge is 0.353 e. The van der Waals surface area contributed by atoms with Crippen molar-refractivity contribution >= 4 is 41.5 Å². The van der Waals surface area contributed by atoms with E-state index in [1.165, 1.54) is 0 Å². The summed E-state index contributed by atoms with van der Waals surface area (Å²) in [7, 11) is -5.02. The second-order valence-corrected chi connectivity index (χ2v) is 6.44. The maximum atomic E-state index is 10.8. The fourth-order valence-electron chi connectivity index (χ4n) is 0.974. The van der Waals surface area contributed by atoms with Gasteiger partial charge in [-0.3, -0.25) is 29.3 Å². The van der Waals surface area contributed by atoms with Crippen LogP contribution in [0.15, 0.2) is 23.1 Å². The summed E-state index contributed by atoms with van der Waals surface area (Å²) in [5.74, 6) is 0. The van der Waals surface area contributed by atoms with Crippen LogP contribution in [0.2, 0.25) is 0 Å². The van der Waals surface area contributed by atoms with Gasteiger partial charge in [-0.25, -0.2) is 0 Å². The van der Waals surface area contributed by atoms with Crippen molar-refractivity contribution in [3.8, 4) is 0 Å². The van der Waals surface area contributed by atoms with Crippen LogP contribution < -0.4 is 0 Å². The van der Waals surface area contributed by atoms with Crippen LogP contribution in [0.4, 0.5) is 11.4 Å². The molecule has 0 heterocycles. The summed E-state index contributed by atoms with van der Waals surface area (Å²) in [5, 5.41) is 20.7. The Morgan fingerprint density at radius 1 is 1.00 bits per heavy atom. The van der Waals surface area contributed by atoms with Crippen molar-refractivity contribution in [3.63, 3.8) is 0 Å². The summed E-state index contributed by atoms with van der Waals surface area (Å²) in [6.07, 6.45) is 0. The standard InChI is InChI=1S/C6H4N2O7S.ClHO3S/c9-7(10)4-1-2-5(8(11)12)6(3-4)16(13,14)15;1-5(2,3)4/h1-3H,(H,13,14,15);(H,2,3,4). The molecule has 1 aromatic rings. The van der Waals surface area contributed by atoms with Gasteiger partial charge in [0, 0.05) is 28.9 Å². The molecule has 0 aliphatic heterocycles. The summed E-state index contributed by atoms with van der Waals surface area (Å²) in [6.45, 7) is 0. The normalized spacial score (nSPS) is 11.2. The average molecular weight is 365 g/mol. The molecule has 0 radical (unpaired) electrons. The number of non-ortho nitro benzene ring substituents is 1. The van der Waals surface area contributed by atoms with Gasteiger partial charge in [-0.1, -0.05) is 0 Å². The summed E-state index contributed by atoms with van der Waals surface area (Å²) < 4.78 is 55.4. The van der Waals surface area contributed by atoms with Gasteiger partial charge in [-0.05, 0) is 0 Å². The Bertz CT molecular complexity index is 763. The van der Waals surface area contributed by atoms with Gasteiger partial charge in [-0.2, -0.15) is 16.8 Å². The fraction of sp³-hybridized carbons (Fsp3) is 0. The smallest absolute Gasteiger partial charge is 0.282 e. The molecule has 0 aliphatic rings. The van der Waals surface area contributed by atoms with Crippen LogP contribution in [-0.4, -0.2) is 35.8 Å². The van der Waals surface area contributed by atoms with Crippen LogP contribution in [0, 0.1) is 20.2 Å². The van der Waals surface area contributed by atoms with E-state index in [-0.39, 0.29) is 0 Å². The number of rotatable bonds is 3. The molecule has 12 nitrogen and oxygen atoms in total. The molecular formula is C6H5ClN2O10S2. The van der Waals surface area contributed by atoms with E-state index < -0.39 is 45.6 Å². The third kappa shape index (κ3) is 7.47. The molecule has 0 saturated heterocycles. The molecule has 0 spiro atoms. The van der Waals surface area contributed by atoms with E-state index in [0.717, 1.165) is 6.07 Å². The molecule has 21 heavy (non-hydrogen) atoms. The van der Waals surface area contributed by atoms with Crippen LogP contribution >= 0.6 is 10.7 Å². The van der Waals surface area contributed by atoms with Crippen LogP contribution in [0.3, 0.4) is 0 Å². The summed E-state index contributed by atoms with van der Waals surface area (Å²) in [5.41, 5.74) is -1.59. The molecule has 118 valence electrons. The van der Waals surface area contributed by atoms with E-state index in [4.69, 9.17) is 17.5 Å². The van der Waals surface area contributed by atoms with Crippen molar-refractivity contribution in [2.24, 2.45) is 0 Å². The highest BCUT2D eigenvalue weighted by molar-refractivity contribution is 8.09. The zero-order chi connectivity index (χ0) is 17.0. The highest BCUT2D eigenvalue weighted by Gasteiger charge is 2.26. The highest BCUT2D eigenvalue weighted by Crippen LogP contribution is 2.27. The van der Waals surface area contributed by atoms with Crippen LogP contribution in [0.5, 0.6) is 0 Å². The summed E-state index contributed by atoms with van der Waals surface area (Å²) >= 11 is 0. The molecule has 1 rings (SSSR count). The van der Waals surface area contributed by atoms with E-state index in [1.807, 2.05) is 0 Å².